The number of aliphatic hydroxyl groups excluding tert-OH is 1. The van der Waals surface area contributed by atoms with E-state index in [1.165, 1.54) is 12.1 Å². The average molecular weight is 287 g/mol. The van der Waals surface area contributed by atoms with Gasteiger partial charge in [0.25, 0.3) is 0 Å². The standard InChI is InChI=1S/C13H16ClFN2O2/c14-11-6-9(3-4-12(11)15)7-16-13(19)17-5-1-2-10(17)8-18/h3-4,6,10,18H,1-2,5,7-8H2,(H,16,19). The van der Waals surface area contributed by atoms with Crippen LogP contribution in [0.5, 0.6) is 0 Å². The van der Waals surface area contributed by atoms with Crippen molar-refractivity contribution in [2.75, 3.05) is 13.2 Å². The molecular formula is C13H16ClFN2O2. The lowest BCUT2D eigenvalue weighted by molar-refractivity contribution is 0.157. The van der Waals surface area contributed by atoms with Crippen LogP contribution in [0.1, 0.15) is 18.4 Å². The van der Waals surface area contributed by atoms with Crippen molar-refractivity contribution in [3.63, 3.8) is 0 Å². The molecule has 0 bridgehead atoms. The number of rotatable bonds is 3. The van der Waals surface area contributed by atoms with Gasteiger partial charge in [-0.25, -0.2) is 9.18 Å². The van der Waals surface area contributed by atoms with Gasteiger partial charge in [-0.1, -0.05) is 17.7 Å². The van der Waals surface area contributed by atoms with Crippen molar-refractivity contribution in [3.05, 3.63) is 34.6 Å². The molecule has 1 aromatic rings. The molecule has 1 unspecified atom stereocenters. The second-order valence-electron chi connectivity index (χ2n) is 4.58. The molecule has 4 nitrogen and oxygen atoms in total. The van der Waals surface area contributed by atoms with Crippen molar-refractivity contribution in [2.45, 2.75) is 25.4 Å². The molecule has 104 valence electrons. The van der Waals surface area contributed by atoms with Gasteiger partial charge in [0.1, 0.15) is 5.82 Å². The summed E-state index contributed by atoms with van der Waals surface area (Å²) in [6.45, 7) is 0.921. The molecule has 19 heavy (non-hydrogen) atoms. The van der Waals surface area contributed by atoms with E-state index in [2.05, 4.69) is 5.32 Å². The molecule has 1 fully saturated rings. The normalized spacial score (nSPS) is 18.7. The number of amides is 2. The maximum Gasteiger partial charge on any atom is 0.317 e. The number of urea groups is 1. The molecule has 0 aliphatic carbocycles. The first-order valence-corrected chi connectivity index (χ1v) is 6.59. The number of hydrogen-bond acceptors (Lipinski definition) is 2. The van der Waals surface area contributed by atoms with Gasteiger partial charge in [-0.15, -0.1) is 0 Å². The van der Waals surface area contributed by atoms with Crippen LogP contribution in [0.15, 0.2) is 18.2 Å². The summed E-state index contributed by atoms with van der Waals surface area (Å²) in [6.07, 6.45) is 1.73. The van der Waals surface area contributed by atoms with Crippen molar-refractivity contribution >= 4 is 17.6 Å². The minimum absolute atomic E-state index is 0.0181. The van der Waals surface area contributed by atoms with E-state index in [1.54, 1.807) is 11.0 Å². The smallest absolute Gasteiger partial charge is 0.317 e. The Morgan fingerprint density at radius 2 is 2.37 bits per heavy atom. The number of carbonyl (C=O) groups is 1. The molecule has 1 saturated heterocycles. The molecule has 2 rings (SSSR count). The van der Waals surface area contributed by atoms with Crippen molar-refractivity contribution in [1.29, 1.82) is 0 Å². The second-order valence-corrected chi connectivity index (χ2v) is 4.99. The highest BCUT2D eigenvalue weighted by molar-refractivity contribution is 6.30. The fourth-order valence-electron chi connectivity index (χ4n) is 2.22. The predicted molar refractivity (Wildman–Crippen MR) is 70.5 cm³/mol. The largest absolute Gasteiger partial charge is 0.394 e. The molecule has 1 aromatic carbocycles. The van der Waals surface area contributed by atoms with Crippen LogP contribution in [0.3, 0.4) is 0 Å². The zero-order valence-corrected chi connectivity index (χ0v) is 11.2. The highest BCUT2D eigenvalue weighted by Gasteiger charge is 2.27. The predicted octanol–water partition coefficient (Wildman–Crippen LogP) is 2.15. The molecule has 0 aromatic heterocycles. The number of halogens is 2. The van der Waals surface area contributed by atoms with Crippen LogP contribution >= 0.6 is 11.6 Å². The van der Waals surface area contributed by atoms with Gasteiger partial charge in [0, 0.05) is 13.1 Å². The van der Waals surface area contributed by atoms with Crippen LogP contribution < -0.4 is 5.32 Å². The lowest BCUT2D eigenvalue weighted by atomic mass is 10.2. The van der Waals surface area contributed by atoms with Crippen LogP contribution in [0.4, 0.5) is 9.18 Å². The lowest BCUT2D eigenvalue weighted by Crippen LogP contribution is -2.43. The summed E-state index contributed by atoms with van der Waals surface area (Å²) >= 11 is 5.67. The molecule has 2 N–H and O–H groups in total. The quantitative estimate of drug-likeness (QED) is 0.894. The summed E-state index contributed by atoms with van der Waals surface area (Å²) in [7, 11) is 0. The number of nitrogens with zero attached hydrogens (tertiary/aromatic N) is 1. The van der Waals surface area contributed by atoms with Gasteiger partial charge >= 0.3 is 6.03 Å². The minimum Gasteiger partial charge on any atom is -0.394 e. The van der Waals surface area contributed by atoms with Gasteiger partial charge in [0.05, 0.1) is 17.7 Å². The van der Waals surface area contributed by atoms with Crippen LogP contribution in [0.2, 0.25) is 5.02 Å². The monoisotopic (exact) mass is 286 g/mol. The first-order chi connectivity index (χ1) is 9.11. The third-order valence-corrected chi connectivity index (χ3v) is 3.57. The lowest BCUT2D eigenvalue weighted by Gasteiger charge is -2.23. The van der Waals surface area contributed by atoms with Crippen molar-refractivity contribution in [2.24, 2.45) is 0 Å². The zero-order valence-electron chi connectivity index (χ0n) is 10.4. The van der Waals surface area contributed by atoms with E-state index < -0.39 is 5.82 Å². The fraction of sp³-hybridized carbons (Fsp3) is 0.462. The molecule has 2 amide bonds. The third kappa shape index (κ3) is 3.36. The van der Waals surface area contributed by atoms with E-state index in [1.807, 2.05) is 0 Å². The van der Waals surface area contributed by atoms with Crippen molar-refractivity contribution < 1.29 is 14.3 Å². The Balaban J connectivity index is 1.91. The highest BCUT2D eigenvalue weighted by Crippen LogP contribution is 2.18. The van der Waals surface area contributed by atoms with Gasteiger partial charge in [0.2, 0.25) is 0 Å². The van der Waals surface area contributed by atoms with E-state index in [0.29, 0.717) is 6.54 Å². The highest BCUT2D eigenvalue weighted by atomic mass is 35.5. The van der Waals surface area contributed by atoms with E-state index in [4.69, 9.17) is 16.7 Å². The SMILES string of the molecule is O=C(NCc1ccc(F)c(Cl)c1)N1CCCC1CO. The Labute approximate surface area is 116 Å². The van der Waals surface area contributed by atoms with Gasteiger partial charge in [-0.3, -0.25) is 0 Å². The first kappa shape index (κ1) is 14.1. The molecule has 1 aliphatic heterocycles. The molecular weight excluding hydrogens is 271 g/mol. The van der Waals surface area contributed by atoms with E-state index in [9.17, 15) is 9.18 Å². The maximum absolute atomic E-state index is 13.0. The van der Waals surface area contributed by atoms with Crippen LogP contribution in [0.25, 0.3) is 0 Å². The molecule has 0 spiro atoms. The van der Waals surface area contributed by atoms with Gasteiger partial charge in [-0.2, -0.15) is 0 Å². The molecule has 0 saturated carbocycles. The molecule has 0 radical (unpaired) electrons. The summed E-state index contributed by atoms with van der Waals surface area (Å²) in [6, 6.07) is 4.03. The van der Waals surface area contributed by atoms with Gasteiger partial charge in [-0.05, 0) is 30.5 Å². The van der Waals surface area contributed by atoms with E-state index in [0.717, 1.165) is 18.4 Å². The summed E-state index contributed by atoms with van der Waals surface area (Å²) < 4.78 is 13.0. The van der Waals surface area contributed by atoms with Crippen molar-refractivity contribution in [1.82, 2.24) is 10.2 Å². The summed E-state index contributed by atoms with van der Waals surface area (Å²) in [5.41, 5.74) is 0.736. The molecule has 6 heteroatoms. The average Bonchev–Trinajstić information content (AvgIpc) is 2.88. The van der Waals surface area contributed by atoms with E-state index >= 15 is 0 Å². The Bertz CT molecular complexity index is 470. The van der Waals surface area contributed by atoms with E-state index in [-0.39, 0.29) is 30.2 Å². The van der Waals surface area contributed by atoms with Crippen molar-refractivity contribution in [3.8, 4) is 0 Å². The molecule has 1 atom stereocenters. The Morgan fingerprint density at radius 1 is 1.58 bits per heavy atom. The Kier molecular flexibility index (Phi) is 4.61. The molecule has 1 aliphatic rings. The molecule has 1 heterocycles. The number of nitrogens with one attached hydrogen (secondary N) is 1. The van der Waals surface area contributed by atoms with Gasteiger partial charge in [0.15, 0.2) is 0 Å². The fourth-order valence-corrected chi connectivity index (χ4v) is 2.42. The Hall–Kier alpha value is -1.33. The van der Waals surface area contributed by atoms with Crippen LogP contribution in [-0.2, 0) is 6.54 Å². The minimum atomic E-state index is -0.475. The Morgan fingerprint density at radius 3 is 3.05 bits per heavy atom. The first-order valence-electron chi connectivity index (χ1n) is 6.21. The second kappa shape index (κ2) is 6.21. The maximum atomic E-state index is 13.0. The number of benzene rings is 1. The zero-order chi connectivity index (χ0) is 13.8. The third-order valence-electron chi connectivity index (χ3n) is 3.28. The van der Waals surface area contributed by atoms with Crippen LogP contribution in [-0.4, -0.2) is 35.2 Å². The van der Waals surface area contributed by atoms with Crippen LogP contribution in [0, 0.1) is 5.82 Å². The summed E-state index contributed by atoms with van der Waals surface area (Å²) in [5.74, 6) is -0.475. The van der Waals surface area contributed by atoms with Gasteiger partial charge < -0.3 is 15.3 Å². The number of aliphatic hydroxyl groups is 1. The summed E-state index contributed by atoms with van der Waals surface area (Å²) in [4.78, 5) is 13.6. The number of carbonyl (C=O) groups excluding carboxylic acids is 1. The summed E-state index contributed by atoms with van der Waals surface area (Å²) in [5, 5.41) is 11.9. The number of hydrogen-bond donors (Lipinski definition) is 2. The number of likely N-dealkylation sites (tertiary alicyclic amines) is 1. The topological polar surface area (TPSA) is 52.6 Å².